The summed E-state index contributed by atoms with van der Waals surface area (Å²) in [5.41, 5.74) is 7.01. The Kier molecular flexibility index (Phi) is 5.41. The highest BCUT2D eigenvalue weighted by Gasteiger charge is 2.18. The zero-order valence-electron chi connectivity index (χ0n) is 14.5. The van der Waals surface area contributed by atoms with Gasteiger partial charge in [-0.2, -0.15) is 5.10 Å². The molecule has 0 aliphatic carbocycles. The summed E-state index contributed by atoms with van der Waals surface area (Å²) in [5, 5.41) is 4.33. The van der Waals surface area contributed by atoms with Gasteiger partial charge in [-0.15, -0.1) is 0 Å². The first-order valence-corrected chi connectivity index (χ1v) is 8.13. The molecule has 0 saturated heterocycles. The first-order chi connectivity index (χ1) is 13.1. The largest absolute Gasteiger partial charge is 0.482 e. The number of rotatable bonds is 7. The number of amides is 1. The highest BCUT2D eigenvalue weighted by atomic mass is 16.5. The van der Waals surface area contributed by atoms with Crippen LogP contribution in [-0.4, -0.2) is 44.8 Å². The predicted molar refractivity (Wildman–Crippen MR) is 95.2 cm³/mol. The topological polar surface area (TPSA) is 122 Å². The van der Waals surface area contributed by atoms with E-state index in [0.29, 0.717) is 22.8 Å². The molecule has 0 saturated carbocycles. The van der Waals surface area contributed by atoms with E-state index in [1.165, 1.54) is 6.20 Å². The molecule has 0 aromatic carbocycles. The Bertz CT molecular complexity index is 938. The molecule has 0 fully saturated rings. The summed E-state index contributed by atoms with van der Waals surface area (Å²) < 4.78 is 11.8. The van der Waals surface area contributed by atoms with Gasteiger partial charge in [0.05, 0.1) is 36.1 Å². The summed E-state index contributed by atoms with van der Waals surface area (Å²) in [6.07, 6.45) is 4.72. The molecule has 3 aromatic rings. The van der Waals surface area contributed by atoms with Crippen molar-refractivity contribution >= 4 is 11.9 Å². The Labute approximate surface area is 154 Å². The maximum atomic E-state index is 12.1. The van der Waals surface area contributed by atoms with Crippen molar-refractivity contribution < 1.29 is 19.1 Å². The van der Waals surface area contributed by atoms with Crippen molar-refractivity contribution in [3.63, 3.8) is 0 Å². The van der Waals surface area contributed by atoms with E-state index >= 15 is 0 Å². The van der Waals surface area contributed by atoms with Gasteiger partial charge in [-0.1, -0.05) is 0 Å². The van der Waals surface area contributed by atoms with Gasteiger partial charge in [0.25, 0.3) is 5.91 Å². The van der Waals surface area contributed by atoms with E-state index in [0.717, 1.165) is 0 Å². The molecular weight excluding hydrogens is 350 g/mol. The summed E-state index contributed by atoms with van der Waals surface area (Å²) in [6, 6.07) is 8.50. The van der Waals surface area contributed by atoms with Gasteiger partial charge >= 0.3 is 5.97 Å². The van der Waals surface area contributed by atoms with Gasteiger partial charge in [0.1, 0.15) is 5.75 Å². The molecule has 0 unspecified atom stereocenters. The molecule has 0 aliphatic rings. The highest BCUT2D eigenvalue weighted by Crippen LogP contribution is 2.24. The van der Waals surface area contributed by atoms with Crippen LogP contribution in [0, 0.1) is 0 Å². The molecule has 27 heavy (non-hydrogen) atoms. The Hall–Kier alpha value is -3.75. The number of carbonyl (C=O) groups is 2. The van der Waals surface area contributed by atoms with Crippen LogP contribution in [0.1, 0.15) is 17.4 Å². The number of pyridine rings is 2. The second-order valence-electron chi connectivity index (χ2n) is 5.39. The minimum Gasteiger partial charge on any atom is -0.482 e. The lowest BCUT2D eigenvalue weighted by Gasteiger charge is -2.07. The minimum atomic E-state index is -0.576. The lowest BCUT2D eigenvalue weighted by atomic mass is 10.2. The molecule has 0 radical (unpaired) electrons. The number of nitrogens with two attached hydrogens (primary N) is 1. The summed E-state index contributed by atoms with van der Waals surface area (Å²) >= 11 is 0. The molecule has 138 valence electrons. The third-order valence-electron chi connectivity index (χ3n) is 3.46. The number of ether oxygens (including phenoxy) is 2. The smallest absolute Gasteiger partial charge is 0.358 e. The number of aromatic nitrogens is 4. The van der Waals surface area contributed by atoms with Gasteiger partial charge in [-0.05, 0) is 31.2 Å². The van der Waals surface area contributed by atoms with Crippen LogP contribution in [0.25, 0.3) is 17.1 Å². The molecular formula is C18H17N5O4. The summed E-state index contributed by atoms with van der Waals surface area (Å²) in [6.45, 7) is 1.74. The average Bonchev–Trinajstić information content (AvgIpc) is 3.13. The maximum absolute atomic E-state index is 12.1. The molecule has 3 aromatic heterocycles. The molecule has 2 N–H and O–H groups in total. The van der Waals surface area contributed by atoms with Crippen molar-refractivity contribution in [2.24, 2.45) is 5.73 Å². The Balaban J connectivity index is 1.98. The summed E-state index contributed by atoms with van der Waals surface area (Å²) in [7, 11) is 0. The fraction of sp³-hybridized carbons (Fsp3) is 0.167. The average molecular weight is 367 g/mol. The van der Waals surface area contributed by atoms with Gasteiger partial charge < -0.3 is 15.2 Å². The van der Waals surface area contributed by atoms with E-state index in [1.54, 1.807) is 48.3 Å². The van der Waals surface area contributed by atoms with E-state index in [2.05, 4.69) is 15.1 Å². The lowest BCUT2D eigenvalue weighted by molar-refractivity contribution is -0.119. The quantitative estimate of drug-likeness (QED) is 0.626. The van der Waals surface area contributed by atoms with Crippen molar-refractivity contribution in [3.05, 3.63) is 54.6 Å². The van der Waals surface area contributed by atoms with Crippen molar-refractivity contribution in [3.8, 4) is 22.8 Å². The first kappa shape index (κ1) is 18.1. The van der Waals surface area contributed by atoms with Gasteiger partial charge in [-0.25, -0.2) is 9.48 Å². The van der Waals surface area contributed by atoms with Crippen molar-refractivity contribution in [2.75, 3.05) is 13.2 Å². The number of hydrogen-bond donors (Lipinski definition) is 1. The molecule has 0 bridgehead atoms. The molecule has 9 nitrogen and oxygen atoms in total. The number of primary amides is 1. The zero-order chi connectivity index (χ0) is 19.2. The van der Waals surface area contributed by atoms with Crippen LogP contribution < -0.4 is 10.5 Å². The zero-order valence-corrected chi connectivity index (χ0v) is 14.5. The van der Waals surface area contributed by atoms with Gasteiger partial charge in [-0.3, -0.25) is 14.8 Å². The van der Waals surface area contributed by atoms with Crippen molar-refractivity contribution in [1.29, 1.82) is 0 Å². The van der Waals surface area contributed by atoms with Crippen LogP contribution in [0.4, 0.5) is 0 Å². The van der Waals surface area contributed by atoms with Crippen LogP contribution in [-0.2, 0) is 9.53 Å². The molecule has 0 spiro atoms. The molecule has 9 heteroatoms. The Morgan fingerprint density at radius 1 is 1.22 bits per heavy atom. The summed E-state index contributed by atoms with van der Waals surface area (Å²) in [5.74, 6) is -0.703. The Morgan fingerprint density at radius 2 is 2.07 bits per heavy atom. The monoisotopic (exact) mass is 367 g/mol. The molecule has 0 atom stereocenters. The number of hydrogen-bond acceptors (Lipinski definition) is 7. The van der Waals surface area contributed by atoms with E-state index in [1.807, 2.05) is 6.07 Å². The number of carbonyl (C=O) groups excluding carboxylic acids is 2. The summed E-state index contributed by atoms with van der Waals surface area (Å²) in [4.78, 5) is 31.3. The number of esters is 1. The second kappa shape index (κ2) is 8.09. The van der Waals surface area contributed by atoms with E-state index < -0.39 is 11.9 Å². The van der Waals surface area contributed by atoms with E-state index in [9.17, 15) is 9.59 Å². The normalized spacial score (nSPS) is 10.4. The van der Waals surface area contributed by atoms with E-state index in [-0.39, 0.29) is 18.9 Å². The second-order valence-corrected chi connectivity index (χ2v) is 5.39. The molecule has 1 amide bonds. The van der Waals surface area contributed by atoms with Crippen molar-refractivity contribution in [2.45, 2.75) is 6.92 Å². The lowest BCUT2D eigenvalue weighted by Crippen LogP contribution is -2.20. The number of nitrogens with zero attached hydrogens (tertiary/aromatic N) is 4. The highest BCUT2D eigenvalue weighted by molar-refractivity contribution is 5.88. The third kappa shape index (κ3) is 4.27. The SMILES string of the molecule is CCOC(=O)c1cc(-c2ccc(OCC(N)=O)cn2)n(-c2cccnc2)n1. The molecule has 3 heterocycles. The van der Waals surface area contributed by atoms with Crippen LogP contribution in [0.2, 0.25) is 0 Å². The molecule has 0 aliphatic heterocycles. The third-order valence-corrected chi connectivity index (χ3v) is 3.46. The van der Waals surface area contributed by atoms with Crippen LogP contribution in [0.5, 0.6) is 5.75 Å². The standard InChI is InChI=1S/C18H17N5O4/c1-2-26-18(25)15-8-16(23(22-15)12-4-3-7-20-9-12)14-6-5-13(10-21-14)27-11-17(19)24/h3-10H,2,11H2,1H3,(H2,19,24). The fourth-order valence-corrected chi connectivity index (χ4v) is 2.32. The van der Waals surface area contributed by atoms with Gasteiger partial charge in [0.2, 0.25) is 0 Å². The first-order valence-electron chi connectivity index (χ1n) is 8.13. The fourth-order valence-electron chi connectivity index (χ4n) is 2.32. The van der Waals surface area contributed by atoms with Crippen LogP contribution >= 0.6 is 0 Å². The van der Waals surface area contributed by atoms with Gasteiger partial charge in [0.15, 0.2) is 12.3 Å². The van der Waals surface area contributed by atoms with E-state index in [4.69, 9.17) is 15.2 Å². The van der Waals surface area contributed by atoms with Crippen LogP contribution in [0.15, 0.2) is 48.9 Å². The maximum Gasteiger partial charge on any atom is 0.358 e. The Morgan fingerprint density at radius 3 is 2.70 bits per heavy atom. The predicted octanol–water partition coefficient (Wildman–Crippen LogP) is 1.37. The van der Waals surface area contributed by atoms with Gasteiger partial charge in [0, 0.05) is 12.3 Å². The minimum absolute atomic E-state index is 0.159. The van der Waals surface area contributed by atoms with Crippen LogP contribution in [0.3, 0.4) is 0 Å². The molecule has 3 rings (SSSR count). The van der Waals surface area contributed by atoms with Crippen molar-refractivity contribution in [1.82, 2.24) is 19.7 Å².